The Labute approximate surface area is 175 Å². The van der Waals surface area contributed by atoms with E-state index in [0.29, 0.717) is 16.8 Å². The average Bonchev–Trinajstić information content (AvgIpc) is 3.10. The van der Waals surface area contributed by atoms with Gasteiger partial charge in [-0.2, -0.15) is 0 Å². The van der Waals surface area contributed by atoms with E-state index in [4.69, 9.17) is 20.8 Å². The first kappa shape index (κ1) is 19.2. The lowest BCUT2D eigenvalue weighted by molar-refractivity contribution is 0.0371. The Morgan fingerprint density at radius 3 is 2.72 bits per heavy atom. The number of ether oxygens (including phenoxy) is 1. The van der Waals surface area contributed by atoms with Gasteiger partial charge in [-0.25, -0.2) is 4.79 Å². The van der Waals surface area contributed by atoms with Gasteiger partial charge in [0, 0.05) is 31.1 Å². The zero-order chi connectivity index (χ0) is 20.0. The van der Waals surface area contributed by atoms with Crippen LogP contribution in [0.2, 0.25) is 5.02 Å². The van der Waals surface area contributed by atoms with Gasteiger partial charge in [-0.3, -0.25) is 4.90 Å². The Morgan fingerprint density at radius 2 is 2.00 bits per heavy atom. The number of likely N-dealkylation sites (tertiary alicyclic amines) is 1. The maximum Gasteiger partial charge on any atom is 0.319 e. The Balaban J connectivity index is 1.52. The van der Waals surface area contributed by atoms with Crippen molar-refractivity contribution in [3.63, 3.8) is 0 Å². The first-order valence-corrected chi connectivity index (χ1v) is 11.1. The molecule has 156 valence electrons. The number of hydrogen-bond acceptors (Lipinski definition) is 4. The third-order valence-corrected chi connectivity index (χ3v) is 7.13. The fourth-order valence-electron chi connectivity index (χ4n) is 5.34. The van der Waals surface area contributed by atoms with Crippen LogP contribution in [0, 0.1) is 0 Å². The number of halogens is 1. The largest absolute Gasteiger partial charge is 0.459 e. The predicted octanol–water partition coefficient (Wildman–Crippen LogP) is 4.99. The topological polar surface area (TPSA) is 66.7 Å². The fraction of sp³-hybridized carbons (Fsp3) is 0.591. The van der Waals surface area contributed by atoms with Crippen molar-refractivity contribution in [2.75, 3.05) is 25.5 Å². The van der Waals surface area contributed by atoms with E-state index in [-0.39, 0.29) is 11.6 Å². The van der Waals surface area contributed by atoms with Gasteiger partial charge >= 0.3 is 6.03 Å². The molecule has 2 aliphatic heterocycles. The number of methoxy groups -OCH3 is 1. The van der Waals surface area contributed by atoms with Gasteiger partial charge in [-0.1, -0.05) is 30.9 Å². The summed E-state index contributed by atoms with van der Waals surface area (Å²) in [4.78, 5) is 14.8. The molecule has 3 heterocycles. The number of carbonyl (C=O) groups is 1. The van der Waals surface area contributed by atoms with Gasteiger partial charge in [0.05, 0.1) is 28.9 Å². The summed E-state index contributed by atoms with van der Waals surface area (Å²) in [6.07, 6.45) is 7.70. The van der Waals surface area contributed by atoms with E-state index in [9.17, 15) is 4.79 Å². The van der Waals surface area contributed by atoms with Gasteiger partial charge < -0.3 is 19.8 Å². The third kappa shape index (κ3) is 3.41. The molecule has 2 N–H and O–H groups in total. The number of furan rings is 1. The van der Waals surface area contributed by atoms with Crippen LogP contribution in [0.25, 0.3) is 11.0 Å². The van der Waals surface area contributed by atoms with Crippen LogP contribution < -0.4 is 10.6 Å². The van der Waals surface area contributed by atoms with Crippen LogP contribution in [0.4, 0.5) is 10.5 Å². The molecule has 2 fully saturated rings. The van der Waals surface area contributed by atoms with Crippen LogP contribution >= 0.6 is 11.6 Å². The van der Waals surface area contributed by atoms with Crippen LogP contribution in [0.3, 0.4) is 0 Å². The molecule has 29 heavy (non-hydrogen) atoms. The number of hydrogen-bond donors (Lipinski definition) is 2. The van der Waals surface area contributed by atoms with Gasteiger partial charge in [0.25, 0.3) is 0 Å². The highest BCUT2D eigenvalue weighted by Gasteiger charge is 2.43. The summed E-state index contributed by atoms with van der Waals surface area (Å²) in [7, 11) is 1.79. The van der Waals surface area contributed by atoms with E-state index in [1.165, 1.54) is 6.42 Å². The first-order chi connectivity index (χ1) is 14.1. The van der Waals surface area contributed by atoms with Crippen molar-refractivity contribution in [2.45, 2.75) is 63.1 Å². The summed E-state index contributed by atoms with van der Waals surface area (Å²) >= 11 is 6.61. The van der Waals surface area contributed by atoms with Crippen molar-refractivity contribution in [3.05, 3.63) is 28.5 Å². The zero-order valence-electron chi connectivity index (χ0n) is 16.9. The third-order valence-electron chi connectivity index (χ3n) is 6.83. The van der Waals surface area contributed by atoms with Gasteiger partial charge in [0.1, 0.15) is 11.3 Å². The Hall–Kier alpha value is -1.76. The smallest absolute Gasteiger partial charge is 0.319 e. The predicted molar refractivity (Wildman–Crippen MR) is 113 cm³/mol. The highest BCUT2D eigenvalue weighted by atomic mass is 35.5. The van der Waals surface area contributed by atoms with Gasteiger partial charge in [0.2, 0.25) is 0 Å². The molecule has 1 saturated heterocycles. The van der Waals surface area contributed by atoms with Gasteiger partial charge in [-0.15, -0.1) is 0 Å². The van der Waals surface area contributed by atoms with E-state index in [1.807, 2.05) is 6.07 Å². The second kappa shape index (κ2) is 7.49. The molecule has 1 aliphatic carbocycles. The molecule has 2 amide bonds. The lowest BCUT2D eigenvalue weighted by atomic mass is 9.74. The van der Waals surface area contributed by atoms with E-state index < -0.39 is 0 Å². The van der Waals surface area contributed by atoms with Crippen molar-refractivity contribution < 1.29 is 13.9 Å². The molecule has 1 aromatic heterocycles. The molecule has 5 rings (SSSR count). The molecule has 7 heteroatoms. The number of nitrogens with zero attached hydrogens (tertiary/aromatic N) is 1. The molecular weight excluding hydrogens is 390 g/mol. The van der Waals surface area contributed by atoms with E-state index in [2.05, 4.69) is 21.6 Å². The second-order valence-electron chi connectivity index (χ2n) is 8.67. The summed E-state index contributed by atoms with van der Waals surface area (Å²) in [5, 5.41) is 7.74. The first-order valence-electron chi connectivity index (χ1n) is 10.7. The lowest BCUT2D eigenvalue weighted by Crippen LogP contribution is -2.52. The molecule has 1 saturated carbocycles. The number of anilines is 1. The van der Waals surface area contributed by atoms with Crippen molar-refractivity contribution in [3.8, 4) is 0 Å². The molecular formula is C22H28ClN3O3. The summed E-state index contributed by atoms with van der Waals surface area (Å²) in [6, 6.07) is 3.85. The number of nitrogens with one attached hydrogen (secondary N) is 2. The SMILES string of the molecule is COC1CCN(Cc2cc3cc(Cl)c4c(c3o2)C2(CCCCC2)NC(=O)N4)CC1. The zero-order valence-corrected chi connectivity index (χ0v) is 17.6. The maximum atomic E-state index is 12.4. The monoisotopic (exact) mass is 417 g/mol. The van der Waals surface area contributed by atoms with Crippen molar-refractivity contribution in [2.24, 2.45) is 0 Å². The molecule has 0 bridgehead atoms. The fourth-order valence-corrected chi connectivity index (χ4v) is 5.60. The van der Waals surface area contributed by atoms with E-state index in [0.717, 1.165) is 80.5 Å². The molecule has 3 aliphatic rings. The lowest BCUT2D eigenvalue weighted by Gasteiger charge is -2.42. The van der Waals surface area contributed by atoms with Crippen molar-refractivity contribution >= 4 is 34.3 Å². The highest BCUT2D eigenvalue weighted by molar-refractivity contribution is 6.35. The molecule has 6 nitrogen and oxygen atoms in total. The van der Waals surface area contributed by atoms with Crippen LogP contribution in [-0.4, -0.2) is 37.2 Å². The van der Waals surface area contributed by atoms with Crippen LogP contribution in [-0.2, 0) is 16.8 Å². The average molecular weight is 418 g/mol. The number of benzene rings is 1. The minimum Gasteiger partial charge on any atom is -0.459 e. The van der Waals surface area contributed by atoms with Gasteiger partial charge in [-0.05, 0) is 37.8 Å². The number of fused-ring (bicyclic) bond motifs is 4. The minimum atomic E-state index is -0.384. The molecule has 1 aromatic carbocycles. The second-order valence-corrected chi connectivity index (χ2v) is 9.08. The summed E-state index contributed by atoms with van der Waals surface area (Å²) in [6.45, 7) is 2.80. The Bertz CT molecular complexity index is 927. The molecule has 2 aromatic rings. The van der Waals surface area contributed by atoms with Crippen LogP contribution in [0.1, 0.15) is 56.3 Å². The standard InChI is InChI=1S/C22H28ClN3O3/c1-28-15-5-9-26(10-6-15)13-16-11-14-12-17(23)19-18(20(14)29-16)22(25-21(27)24-19)7-3-2-4-8-22/h11-12,15H,2-10,13H2,1H3,(H2,24,25,27). The van der Waals surface area contributed by atoms with Crippen LogP contribution in [0.5, 0.6) is 0 Å². The van der Waals surface area contributed by atoms with Gasteiger partial charge in [0.15, 0.2) is 0 Å². The number of amides is 2. The molecule has 0 radical (unpaired) electrons. The van der Waals surface area contributed by atoms with Crippen LogP contribution in [0.15, 0.2) is 16.5 Å². The van der Waals surface area contributed by atoms with Crippen molar-refractivity contribution in [1.82, 2.24) is 10.2 Å². The number of piperidine rings is 1. The number of carbonyl (C=O) groups excluding carboxylic acids is 1. The Kier molecular flexibility index (Phi) is 4.96. The summed E-state index contributed by atoms with van der Waals surface area (Å²) in [5.74, 6) is 0.947. The molecule has 0 unspecified atom stereocenters. The number of urea groups is 1. The molecule has 1 spiro atoms. The molecule has 0 atom stereocenters. The normalized spacial score (nSPS) is 22.5. The maximum absolute atomic E-state index is 12.4. The van der Waals surface area contributed by atoms with E-state index in [1.54, 1.807) is 7.11 Å². The highest BCUT2D eigenvalue weighted by Crippen LogP contribution is 2.49. The summed E-state index contributed by atoms with van der Waals surface area (Å²) < 4.78 is 11.9. The Morgan fingerprint density at radius 1 is 1.24 bits per heavy atom. The summed E-state index contributed by atoms with van der Waals surface area (Å²) in [5.41, 5.74) is 2.22. The minimum absolute atomic E-state index is 0.173. The van der Waals surface area contributed by atoms with Crippen molar-refractivity contribution in [1.29, 1.82) is 0 Å². The van der Waals surface area contributed by atoms with E-state index >= 15 is 0 Å². The number of rotatable bonds is 3. The quantitative estimate of drug-likeness (QED) is 0.738.